The number of hydrogen-bond donors (Lipinski definition) is 0. The van der Waals surface area contributed by atoms with Gasteiger partial charge in [-0.3, -0.25) is 9.59 Å². The molecule has 1 aromatic carbocycles. The van der Waals surface area contributed by atoms with Crippen molar-refractivity contribution >= 4 is 11.9 Å². The maximum Gasteiger partial charge on any atom is 0.308 e. The van der Waals surface area contributed by atoms with Crippen molar-refractivity contribution in [2.24, 2.45) is 5.92 Å². The third-order valence-electron chi connectivity index (χ3n) is 4.59. The molecule has 2 rings (SSSR count). The van der Waals surface area contributed by atoms with Gasteiger partial charge in [0.25, 0.3) is 0 Å². The molecule has 150 valence electrons. The number of rotatable bonds is 8. The molecule has 1 atom stereocenters. The number of nitrogens with zero attached hydrogens (tertiary/aromatic N) is 1. The fraction of sp³-hybridized carbons (Fsp3) is 0.619. The first kappa shape index (κ1) is 21.1. The van der Waals surface area contributed by atoms with Gasteiger partial charge < -0.3 is 19.1 Å². The second-order valence-electron chi connectivity index (χ2n) is 7.93. The SMILES string of the molecule is CCN(C(=O)CC(C)(C)OC(=O)C(C)C)C(C)Cc1ccc2c(c1)OCO2. The number of benzene rings is 1. The molecule has 0 N–H and O–H groups in total. The molecule has 0 saturated heterocycles. The van der Waals surface area contributed by atoms with Crippen molar-refractivity contribution in [2.75, 3.05) is 13.3 Å². The number of carbonyl (C=O) groups excluding carboxylic acids is 2. The topological polar surface area (TPSA) is 65.1 Å². The molecule has 1 aliphatic heterocycles. The third kappa shape index (κ3) is 5.62. The van der Waals surface area contributed by atoms with E-state index in [1.54, 1.807) is 27.7 Å². The zero-order valence-electron chi connectivity index (χ0n) is 17.2. The molecule has 1 heterocycles. The first-order valence-electron chi connectivity index (χ1n) is 9.53. The molecule has 6 nitrogen and oxygen atoms in total. The summed E-state index contributed by atoms with van der Waals surface area (Å²) in [6.45, 7) is 12.0. The summed E-state index contributed by atoms with van der Waals surface area (Å²) in [7, 11) is 0. The van der Waals surface area contributed by atoms with Gasteiger partial charge in [-0.1, -0.05) is 19.9 Å². The minimum atomic E-state index is -0.829. The van der Waals surface area contributed by atoms with Crippen LogP contribution in [-0.4, -0.2) is 41.8 Å². The molecule has 1 amide bonds. The van der Waals surface area contributed by atoms with E-state index in [2.05, 4.69) is 0 Å². The summed E-state index contributed by atoms with van der Waals surface area (Å²) in [5, 5.41) is 0. The standard InChI is InChI=1S/C21H31NO5/c1-7-22(19(23)12-21(5,6)27-20(24)14(2)3)15(4)10-16-8-9-17-18(11-16)26-13-25-17/h8-9,11,14-15H,7,10,12-13H2,1-6H3. The van der Waals surface area contributed by atoms with E-state index < -0.39 is 5.60 Å². The molecular formula is C21H31NO5. The zero-order valence-corrected chi connectivity index (χ0v) is 17.2. The number of carbonyl (C=O) groups is 2. The van der Waals surface area contributed by atoms with E-state index in [0.717, 1.165) is 17.1 Å². The Hall–Kier alpha value is -2.24. The van der Waals surface area contributed by atoms with Crippen LogP contribution < -0.4 is 9.47 Å². The number of ether oxygens (including phenoxy) is 3. The van der Waals surface area contributed by atoms with Gasteiger partial charge in [0.2, 0.25) is 12.7 Å². The number of amides is 1. The van der Waals surface area contributed by atoms with Crippen molar-refractivity contribution in [3.8, 4) is 11.5 Å². The summed E-state index contributed by atoms with van der Waals surface area (Å²) < 4.78 is 16.3. The largest absolute Gasteiger partial charge is 0.459 e. The second kappa shape index (κ2) is 8.63. The number of fused-ring (bicyclic) bond motifs is 1. The van der Waals surface area contributed by atoms with Crippen LogP contribution in [0, 0.1) is 5.92 Å². The highest BCUT2D eigenvalue weighted by Gasteiger charge is 2.31. The molecule has 0 aromatic heterocycles. The van der Waals surface area contributed by atoms with E-state index in [0.29, 0.717) is 13.0 Å². The lowest BCUT2D eigenvalue weighted by molar-refractivity contribution is -0.163. The van der Waals surface area contributed by atoms with E-state index in [1.807, 2.05) is 36.9 Å². The number of hydrogen-bond acceptors (Lipinski definition) is 5. The van der Waals surface area contributed by atoms with Gasteiger partial charge in [-0.25, -0.2) is 0 Å². The first-order chi connectivity index (χ1) is 12.6. The monoisotopic (exact) mass is 377 g/mol. The van der Waals surface area contributed by atoms with Gasteiger partial charge in [0.15, 0.2) is 11.5 Å². The highest BCUT2D eigenvalue weighted by Crippen LogP contribution is 2.33. The minimum Gasteiger partial charge on any atom is -0.459 e. The average Bonchev–Trinajstić information content (AvgIpc) is 3.01. The lowest BCUT2D eigenvalue weighted by atomic mass is 10.0. The number of likely N-dealkylation sites (N-methyl/N-ethyl adjacent to an activating group) is 1. The minimum absolute atomic E-state index is 0.0134. The van der Waals surface area contributed by atoms with Crippen molar-refractivity contribution in [1.29, 1.82) is 0 Å². The predicted molar refractivity (Wildman–Crippen MR) is 103 cm³/mol. The normalized spacial score (nSPS) is 14.2. The van der Waals surface area contributed by atoms with Gasteiger partial charge >= 0.3 is 5.97 Å². The summed E-state index contributed by atoms with van der Waals surface area (Å²) in [5.74, 6) is 0.975. The van der Waals surface area contributed by atoms with Crippen LogP contribution in [0.1, 0.15) is 53.5 Å². The predicted octanol–water partition coefficient (Wildman–Crippen LogP) is 3.56. The molecule has 0 spiro atoms. The van der Waals surface area contributed by atoms with Gasteiger partial charge in [-0.05, 0) is 51.8 Å². The Balaban J connectivity index is 1.99. The van der Waals surface area contributed by atoms with Gasteiger partial charge in [-0.15, -0.1) is 0 Å². The van der Waals surface area contributed by atoms with Crippen molar-refractivity contribution in [3.05, 3.63) is 23.8 Å². The fourth-order valence-electron chi connectivity index (χ4n) is 3.15. The van der Waals surface area contributed by atoms with Gasteiger partial charge in [0.1, 0.15) is 5.60 Å². The van der Waals surface area contributed by atoms with Crippen molar-refractivity contribution in [1.82, 2.24) is 4.90 Å². The Morgan fingerprint density at radius 2 is 1.85 bits per heavy atom. The van der Waals surface area contributed by atoms with Crippen LogP contribution in [0.25, 0.3) is 0 Å². The molecule has 27 heavy (non-hydrogen) atoms. The fourth-order valence-corrected chi connectivity index (χ4v) is 3.15. The summed E-state index contributed by atoms with van der Waals surface area (Å²) in [5.41, 5.74) is 0.258. The Morgan fingerprint density at radius 1 is 1.19 bits per heavy atom. The number of esters is 1. The lowest BCUT2D eigenvalue weighted by Gasteiger charge is -2.32. The summed E-state index contributed by atoms with van der Waals surface area (Å²) >= 11 is 0. The third-order valence-corrected chi connectivity index (χ3v) is 4.59. The summed E-state index contributed by atoms with van der Waals surface area (Å²) in [6.07, 6.45) is 0.868. The maximum atomic E-state index is 12.9. The average molecular weight is 377 g/mol. The second-order valence-corrected chi connectivity index (χ2v) is 7.93. The van der Waals surface area contributed by atoms with Crippen molar-refractivity contribution in [3.63, 3.8) is 0 Å². The van der Waals surface area contributed by atoms with Crippen LogP contribution in [0.3, 0.4) is 0 Å². The quantitative estimate of drug-likeness (QED) is 0.648. The Kier molecular flexibility index (Phi) is 6.73. The van der Waals surface area contributed by atoms with Crippen LogP contribution in [-0.2, 0) is 20.7 Å². The smallest absolute Gasteiger partial charge is 0.308 e. The molecule has 1 unspecified atom stereocenters. The van der Waals surface area contributed by atoms with Crippen LogP contribution >= 0.6 is 0 Å². The lowest BCUT2D eigenvalue weighted by Crippen LogP contribution is -2.44. The van der Waals surface area contributed by atoms with E-state index in [1.165, 1.54) is 0 Å². The summed E-state index contributed by atoms with van der Waals surface area (Å²) in [4.78, 5) is 26.6. The van der Waals surface area contributed by atoms with Gasteiger partial charge in [-0.2, -0.15) is 0 Å². The molecule has 0 radical (unpaired) electrons. The molecule has 0 bridgehead atoms. The van der Waals surface area contributed by atoms with Gasteiger partial charge in [0.05, 0.1) is 12.3 Å². The van der Waals surface area contributed by atoms with Crippen LogP contribution in [0.4, 0.5) is 0 Å². The first-order valence-corrected chi connectivity index (χ1v) is 9.53. The Morgan fingerprint density at radius 3 is 2.48 bits per heavy atom. The maximum absolute atomic E-state index is 12.9. The highest BCUT2D eigenvalue weighted by molar-refractivity contribution is 5.78. The molecule has 0 aliphatic carbocycles. The Bertz CT molecular complexity index is 683. The molecule has 1 aliphatic rings. The van der Waals surface area contributed by atoms with Crippen LogP contribution in [0.5, 0.6) is 11.5 Å². The molecular weight excluding hydrogens is 346 g/mol. The van der Waals surface area contributed by atoms with E-state index >= 15 is 0 Å². The van der Waals surface area contributed by atoms with Crippen LogP contribution in [0.2, 0.25) is 0 Å². The van der Waals surface area contributed by atoms with Crippen LogP contribution in [0.15, 0.2) is 18.2 Å². The molecule has 6 heteroatoms. The molecule has 0 fully saturated rings. The Labute approximate surface area is 161 Å². The summed E-state index contributed by atoms with van der Waals surface area (Å²) in [6, 6.07) is 5.87. The van der Waals surface area contributed by atoms with Gasteiger partial charge in [0, 0.05) is 12.6 Å². The van der Waals surface area contributed by atoms with E-state index in [4.69, 9.17) is 14.2 Å². The zero-order chi connectivity index (χ0) is 20.2. The van der Waals surface area contributed by atoms with E-state index in [9.17, 15) is 9.59 Å². The van der Waals surface area contributed by atoms with Crippen molar-refractivity contribution in [2.45, 2.75) is 66.0 Å². The molecule has 0 saturated carbocycles. The van der Waals surface area contributed by atoms with E-state index in [-0.39, 0.29) is 37.0 Å². The van der Waals surface area contributed by atoms with Crippen molar-refractivity contribution < 1.29 is 23.8 Å². The highest BCUT2D eigenvalue weighted by atomic mass is 16.7. The molecule has 1 aromatic rings.